The van der Waals surface area contributed by atoms with Crippen molar-refractivity contribution in [2.24, 2.45) is 0 Å². The highest BCUT2D eigenvalue weighted by Crippen LogP contribution is 2.22. The van der Waals surface area contributed by atoms with E-state index in [1.54, 1.807) is 34.5 Å². The first-order valence-electron chi connectivity index (χ1n) is 10.4. The van der Waals surface area contributed by atoms with Gasteiger partial charge in [0.1, 0.15) is 5.82 Å². The summed E-state index contributed by atoms with van der Waals surface area (Å²) in [4.78, 5) is 41.6. The van der Waals surface area contributed by atoms with Crippen molar-refractivity contribution in [3.8, 4) is 0 Å². The van der Waals surface area contributed by atoms with Crippen molar-refractivity contribution < 1.29 is 27.6 Å². The number of anilines is 1. The minimum Gasteiger partial charge on any atom is -0.344 e. The molecule has 0 aromatic heterocycles. The molecule has 3 amide bonds. The number of hydrogen-bond donors (Lipinski definition) is 1. The lowest BCUT2D eigenvalue weighted by atomic mass is 10.1. The van der Waals surface area contributed by atoms with Gasteiger partial charge in [0.25, 0.3) is 5.91 Å². The van der Waals surface area contributed by atoms with Gasteiger partial charge in [0.15, 0.2) is 5.78 Å². The number of piperazine rings is 1. The Hall–Kier alpha value is -3.40. The molecule has 1 fully saturated rings. The Morgan fingerprint density at radius 3 is 2.30 bits per heavy atom. The van der Waals surface area contributed by atoms with Crippen LogP contribution in [0.1, 0.15) is 15.9 Å². The molecular weight excluding hydrogens is 437 g/mol. The third-order valence-corrected chi connectivity index (χ3v) is 5.40. The number of ketones is 1. The zero-order valence-corrected chi connectivity index (χ0v) is 18.1. The second-order valence-electron chi connectivity index (χ2n) is 7.74. The van der Waals surface area contributed by atoms with Gasteiger partial charge in [-0.05, 0) is 25.2 Å². The summed E-state index contributed by atoms with van der Waals surface area (Å²) in [7, 11) is 1.98. The summed E-state index contributed by atoms with van der Waals surface area (Å²) in [5.41, 5.74) is 0.729. The fraction of sp³-hybridized carbons (Fsp3) is 0.348. The summed E-state index contributed by atoms with van der Waals surface area (Å²) in [5.74, 6) is -2.99. The van der Waals surface area contributed by atoms with Crippen LogP contribution < -0.4 is 10.2 Å². The Bertz CT molecular complexity index is 996. The first kappa shape index (κ1) is 24.2. The highest BCUT2D eigenvalue weighted by Gasteiger charge is 2.26. The molecular formula is C23H25F3N4O3. The average molecular weight is 462 g/mol. The number of carbonyl (C=O) groups excluding carboxylic acids is 3. The van der Waals surface area contributed by atoms with Crippen molar-refractivity contribution in [1.82, 2.24) is 15.1 Å². The number of urea groups is 1. The van der Waals surface area contributed by atoms with Crippen LogP contribution in [0.4, 0.5) is 23.7 Å². The molecule has 1 aliphatic heterocycles. The second-order valence-corrected chi connectivity index (χ2v) is 7.74. The maximum atomic E-state index is 14.9. The fourth-order valence-electron chi connectivity index (χ4n) is 3.41. The highest BCUT2D eigenvalue weighted by molar-refractivity contribution is 5.99. The predicted molar refractivity (Wildman–Crippen MR) is 117 cm³/mol. The van der Waals surface area contributed by atoms with Gasteiger partial charge >= 0.3 is 12.5 Å². The second kappa shape index (κ2) is 11.0. The van der Waals surface area contributed by atoms with Crippen molar-refractivity contribution in [1.29, 1.82) is 0 Å². The van der Waals surface area contributed by atoms with Crippen LogP contribution in [0.5, 0.6) is 0 Å². The Morgan fingerprint density at radius 1 is 1.03 bits per heavy atom. The molecule has 2 aromatic rings. The molecule has 0 saturated carbocycles. The van der Waals surface area contributed by atoms with Crippen LogP contribution in [-0.4, -0.2) is 73.7 Å². The number of amides is 3. The topological polar surface area (TPSA) is 73.0 Å². The fourth-order valence-corrected chi connectivity index (χ4v) is 3.41. The van der Waals surface area contributed by atoms with Crippen LogP contribution in [0.2, 0.25) is 0 Å². The normalized spacial score (nSPS) is 14.3. The molecule has 0 unspecified atom stereocenters. The summed E-state index contributed by atoms with van der Waals surface area (Å²) in [6.07, 6.45) is -3.24. The van der Waals surface area contributed by atoms with E-state index < -0.39 is 30.5 Å². The lowest BCUT2D eigenvalue weighted by molar-refractivity contribution is -0.131. The van der Waals surface area contributed by atoms with Crippen LogP contribution >= 0.6 is 0 Å². The van der Waals surface area contributed by atoms with Crippen LogP contribution in [-0.2, 0) is 11.3 Å². The van der Waals surface area contributed by atoms with Gasteiger partial charge in [-0.2, -0.15) is 8.78 Å². The lowest BCUT2D eigenvalue weighted by Gasteiger charge is -2.36. The van der Waals surface area contributed by atoms with Gasteiger partial charge in [0, 0.05) is 43.0 Å². The van der Waals surface area contributed by atoms with E-state index in [0.29, 0.717) is 18.8 Å². The van der Waals surface area contributed by atoms with E-state index >= 15 is 0 Å². The number of para-hydroxylation sites is 1. The Morgan fingerprint density at radius 2 is 1.70 bits per heavy atom. The smallest absolute Gasteiger partial charge is 0.324 e. The van der Waals surface area contributed by atoms with Crippen LogP contribution in [0.25, 0.3) is 0 Å². The van der Waals surface area contributed by atoms with Gasteiger partial charge in [0.2, 0.25) is 0 Å². The van der Waals surface area contributed by atoms with Crippen LogP contribution in [0, 0.1) is 5.82 Å². The Labute approximate surface area is 189 Å². The van der Waals surface area contributed by atoms with Crippen LogP contribution in [0.15, 0.2) is 48.5 Å². The van der Waals surface area contributed by atoms with Gasteiger partial charge in [-0.25, -0.2) is 9.18 Å². The number of hydrogen-bond acceptors (Lipinski definition) is 4. The highest BCUT2D eigenvalue weighted by atomic mass is 19.3. The maximum absolute atomic E-state index is 14.9. The number of benzene rings is 2. The molecule has 0 atom stereocenters. The molecule has 0 bridgehead atoms. The summed E-state index contributed by atoms with van der Waals surface area (Å²) in [6, 6.07) is 12.4. The van der Waals surface area contributed by atoms with Gasteiger partial charge in [-0.15, -0.1) is 0 Å². The number of alkyl halides is 2. The molecule has 176 valence electrons. The summed E-state index contributed by atoms with van der Waals surface area (Å²) >= 11 is 0. The predicted octanol–water partition coefficient (Wildman–Crippen LogP) is 2.76. The number of halogens is 3. The van der Waals surface area contributed by atoms with Crippen molar-refractivity contribution >= 4 is 23.4 Å². The first-order valence-corrected chi connectivity index (χ1v) is 10.4. The van der Waals surface area contributed by atoms with E-state index in [1.165, 1.54) is 17.0 Å². The molecule has 0 aliphatic carbocycles. The van der Waals surface area contributed by atoms with E-state index in [4.69, 9.17) is 0 Å². The monoisotopic (exact) mass is 462 g/mol. The van der Waals surface area contributed by atoms with Crippen molar-refractivity contribution in [3.63, 3.8) is 0 Å². The Balaban J connectivity index is 1.76. The number of nitrogens with one attached hydrogen (secondary N) is 1. The summed E-state index contributed by atoms with van der Waals surface area (Å²) in [6.45, 7) is 1.86. The number of likely N-dealkylation sites (N-methyl/N-ethyl adjacent to an activating group) is 1. The van der Waals surface area contributed by atoms with E-state index in [0.717, 1.165) is 19.2 Å². The quantitative estimate of drug-likeness (QED) is 0.643. The molecule has 7 nitrogen and oxygen atoms in total. The minimum absolute atomic E-state index is 0.0579. The largest absolute Gasteiger partial charge is 0.344 e. The van der Waals surface area contributed by atoms with Gasteiger partial charge in [-0.3, -0.25) is 14.5 Å². The maximum Gasteiger partial charge on any atom is 0.324 e. The molecule has 3 rings (SSSR count). The van der Waals surface area contributed by atoms with Gasteiger partial charge < -0.3 is 15.1 Å². The number of carbonyl (C=O) groups is 3. The summed E-state index contributed by atoms with van der Waals surface area (Å²) in [5, 5.41) is 1.80. The third kappa shape index (κ3) is 6.32. The van der Waals surface area contributed by atoms with E-state index in [2.05, 4.69) is 4.90 Å². The molecule has 10 heteroatoms. The van der Waals surface area contributed by atoms with E-state index in [1.807, 2.05) is 13.1 Å². The standard InChI is InChI=1S/C23H25F3N4O3/c1-28-9-11-29(12-10-28)23(33)30(18-5-3-2-4-6-18)15-17-8-7-16(13-19(17)24)20(31)14-27-22(32)21(25)26/h2-8,13,21H,9-12,14-15H2,1H3,(H,27,32). The molecule has 33 heavy (non-hydrogen) atoms. The molecule has 2 aromatic carbocycles. The van der Waals surface area contributed by atoms with Crippen molar-refractivity contribution in [2.75, 3.05) is 44.7 Å². The molecule has 0 radical (unpaired) electrons. The summed E-state index contributed by atoms with van der Waals surface area (Å²) < 4.78 is 39.4. The molecule has 0 spiro atoms. The van der Waals surface area contributed by atoms with E-state index in [9.17, 15) is 27.6 Å². The van der Waals surface area contributed by atoms with E-state index in [-0.39, 0.29) is 23.7 Å². The first-order chi connectivity index (χ1) is 15.8. The van der Waals surface area contributed by atoms with Gasteiger partial charge in [-0.1, -0.05) is 30.3 Å². The van der Waals surface area contributed by atoms with Crippen molar-refractivity contribution in [3.05, 3.63) is 65.5 Å². The lowest BCUT2D eigenvalue weighted by Crippen LogP contribution is -2.52. The zero-order valence-electron chi connectivity index (χ0n) is 18.1. The number of Topliss-reactive ketones (excluding diaryl/α,β-unsaturated/α-hetero) is 1. The Kier molecular flexibility index (Phi) is 8.05. The molecule has 1 N–H and O–H groups in total. The minimum atomic E-state index is -3.24. The number of rotatable bonds is 7. The number of nitrogens with zero attached hydrogens (tertiary/aromatic N) is 3. The molecule has 1 aliphatic rings. The van der Waals surface area contributed by atoms with Crippen molar-refractivity contribution in [2.45, 2.75) is 13.0 Å². The molecule has 1 saturated heterocycles. The third-order valence-electron chi connectivity index (χ3n) is 5.40. The SMILES string of the molecule is CN1CCN(C(=O)N(Cc2ccc(C(=O)CNC(=O)C(F)F)cc2F)c2ccccc2)CC1. The van der Waals surface area contributed by atoms with Gasteiger partial charge in [0.05, 0.1) is 13.1 Å². The average Bonchev–Trinajstić information content (AvgIpc) is 2.82. The molecule has 1 heterocycles. The van der Waals surface area contributed by atoms with Crippen LogP contribution in [0.3, 0.4) is 0 Å². The zero-order chi connectivity index (χ0) is 24.0.